The number of nitrogens with zero attached hydrogens (tertiary/aromatic N) is 2. The Hall–Kier alpha value is -4.54. The van der Waals surface area contributed by atoms with E-state index in [2.05, 4.69) is 15.6 Å². The largest absolute Gasteiger partial charge is 0.478 e. The highest BCUT2D eigenvalue weighted by Crippen LogP contribution is 2.43. The number of benzene rings is 2. The third kappa shape index (κ3) is 5.38. The van der Waals surface area contributed by atoms with E-state index in [1.807, 2.05) is 60.4 Å². The molecule has 0 saturated carbocycles. The second-order valence-electron chi connectivity index (χ2n) is 9.06. The molecule has 0 unspecified atom stereocenters. The van der Waals surface area contributed by atoms with E-state index >= 15 is 0 Å². The molecule has 1 saturated heterocycles. The number of furan rings is 1. The van der Waals surface area contributed by atoms with Crippen LogP contribution >= 0.6 is 12.2 Å². The van der Waals surface area contributed by atoms with E-state index in [4.69, 9.17) is 21.4 Å². The van der Waals surface area contributed by atoms with Gasteiger partial charge in [0.2, 0.25) is 5.91 Å². The highest BCUT2D eigenvalue weighted by atomic mass is 32.1. The van der Waals surface area contributed by atoms with Crippen LogP contribution in [-0.4, -0.2) is 40.8 Å². The monoisotopic (exact) mass is 542 g/mol. The fourth-order valence-corrected chi connectivity index (χ4v) is 5.00. The van der Waals surface area contributed by atoms with Crippen LogP contribution in [0.5, 0.6) is 0 Å². The fraction of sp³-hybridized carbons (Fsp3) is 0.172. The molecule has 3 heterocycles. The maximum Gasteiger partial charge on any atom is 0.335 e. The summed E-state index contributed by atoms with van der Waals surface area (Å²) in [4.78, 5) is 30.1. The molecule has 2 atom stereocenters. The lowest BCUT2D eigenvalue weighted by molar-refractivity contribution is -0.119. The van der Waals surface area contributed by atoms with E-state index in [1.165, 1.54) is 13.2 Å². The summed E-state index contributed by atoms with van der Waals surface area (Å²) in [6.45, 7) is 1.87. The first kappa shape index (κ1) is 26.1. The average Bonchev–Trinajstić information content (AvgIpc) is 3.55. The van der Waals surface area contributed by atoms with Crippen molar-refractivity contribution in [2.24, 2.45) is 0 Å². The summed E-state index contributed by atoms with van der Waals surface area (Å²) in [7, 11) is 1.47. The normalized spacial score (nSPS) is 16.7. The van der Waals surface area contributed by atoms with Crippen molar-refractivity contribution >= 4 is 40.6 Å². The molecule has 0 radical (unpaired) electrons. The van der Waals surface area contributed by atoms with Crippen molar-refractivity contribution in [3.8, 4) is 11.3 Å². The first-order chi connectivity index (χ1) is 18.9. The minimum atomic E-state index is -1.01. The van der Waals surface area contributed by atoms with Gasteiger partial charge in [-0.1, -0.05) is 18.2 Å². The fourth-order valence-electron chi connectivity index (χ4n) is 4.65. The average molecular weight is 543 g/mol. The van der Waals surface area contributed by atoms with E-state index < -0.39 is 12.0 Å². The molecule has 4 aromatic rings. The van der Waals surface area contributed by atoms with Crippen LogP contribution in [0.25, 0.3) is 11.3 Å². The van der Waals surface area contributed by atoms with Crippen molar-refractivity contribution < 1.29 is 23.8 Å². The number of hydrogen-bond donors (Lipinski definition) is 3. The van der Waals surface area contributed by atoms with Crippen molar-refractivity contribution in [2.45, 2.75) is 19.0 Å². The van der Waals surface area contributed by atoms with Crippen molar-refractivity contribution in [3.05, 3.63) is 102 Å². The van der Waals surface area contributed by atoms with Crippen molar-refractivity contribution in [1.82, 2.24) is 10.3 Å². The van der Waals surface area contributed by atoms with Gasteiger partial charge in [-0.15, -0.1) is 0 Å². The summed E-state index contributed by atoms with van der Waals surface area (Å²) < 4.78 is 11.3. The third-order valence-corrected chi connectivity index (χ3v) is 6.76. The maximum absolute atomic E-state index is 12.0. The standard InChI is InChI=1S/C29H26N4O5S/c1-17-14-20(9-10-21(17)31-25(34)16-37-2)33-27(26(32-29(33)39)22-8-3-4-13-30-22)24-12-11-23(38-24)18-6-5-7-19(15-18)28(35)36/h3-15,26-27H,16H2,1-2H3,(H,31,34)(H,32,39)(H,35,36)/t26-,27+/m1/s1. The molecule has 1 aliphatic heterocycles. The Bertz CT molecular complexity index is 1540. The van der Waals surface area contributed by atoms with E-state index in [0.717, 1.165) is 16.9 Å². The maximum atomic E-state index is 12.0. The summed E-state index contributed by atoms with van der Waals surface area (Å²) in [5, 5.41) is 16.1. The Morgan fingerprint density at radius 3 is 2.69 bits per heavy atom. The molecule has 1 amide bonds. The molecule has 9 nitrogen and oxygen atoms in total. The Kier molecular flexibility index (Phi) is 7.40. The van der Waals surface area contributed by atoms with Gasteiger partial charge < -0.3 is 29.8 Å². The number of aryl methyl sites for hydroxylation is 1. The lowest BCUT2D eigenvalue weighted by Crippen LogP contribution is -2.29. The van der Waals surface area contributed by atoms with E-state index in [0.29, 0.717) is 27.9 Å². The summed E-state index contributed by atoms with van der Waals surface area (Å²) in [5.74, 6) is -0.0793. The molecule has 2 aromatic carbocycles. The lowest BCUT2D eigenvalue weighted by Gasteiger charge is -2.26. The molecule has 3 N–H and O–H groups in total. The van der Waals surface area contributed by atoms with Crippen LogP contribution in [0.15, 0.2) is 83.4 Å². The number of ether oxygens (including phenoxy) is 1. The molecule has 5 rings (SSSR count). The number of methoxy groups -OCH3 is 1. The number of carboxylic acids is 1. The zero-order valence-corrected chi connectivity index (χ0v) is 22.1. The zero-order chi connectivity index (χ0) is 27.5. The van der Waals surface area contributed by atoms with Crippen LogP contribution in [0, 0.1) is 6.92 Å². The highest BCUT2D eigenvalue weighted by molar-refractivity contribution is 7.80. The first-order valence-electron chi connectivity index (χ1n) is 12.2. The van der Waals surface area contributed by atoms with Crippen LogP contribution in [0.2, 0.25) is 0 Å². The number of carboxylic acid groups (broad SMARTS) is 1. The van der Waals surface area contributed by atoms with Crippen LogP contribution in [0.4, 0.5) is 11.4 Å². The van der Waals surface area contributed by atoms with Crippen LogP contribution in [-0.2, 0) is 9.53 Å². The Morgan fingerprint density at radius 2 is 1.97 bits per heavy atom. The number of pyridine rings is 1. The van der Waals surface area contributed by atoms with Crippen molar-refractivity contribution in [1.29, 1.82) is 0 Å². The van der Waals surface area contributed by atoms with Crippen molar-refractivity contribution in [3.63, 3.8) is 0 Å². The SMILES string of the molecule is COCC(=O)Nc1ccc(N2C(=S)N[C@H](c3ccccn3)[C@@H]2c2ccc(-c3cccc(C(=O)O)c3)o2)cc1C. The molecular weight excluding hydrogens is 516 g/mol. The van der Waals surface area contributed by atoms with Gasteiger partial charge in [-0.3, -0.25) is 9.78 Å². The third-order valence-electron chi connectivity index (χ3n) is 6.45. The number of carbonyl (C=O) groups excluding carboxylic acids is 1. The van der Waals surface area contributed by atoms with Crippen LogP contribution in [0.1, 0.15) is 39.5 Å². The van der Waals surface area contributed by atoms with Gasteiger partial charge in [0, 0.05) is 30.2 Å². The van der Waals surface area contributed by atoms with Gasteiger partial charge in [-0.2, -0.15) is 0 Å². The Balaban J connectivity index is 1.54. The van der Waals surface area contributed by atoms with Gasteiger partial charge in [-0.25, -0.2) is 4.79 Å². The van der Waals surface area contributed by atoms with E-state index in [1.54, 1.807) is 24.4 Å². The molecule has 2 aromatic heterocycles. The van der Waals surface area contributed by atoms with Gasteiger partial charge in [0.15, 0.2) is 5.11 Å². The number of rotatable bonds is 8. The topological polar surface area (TPSA) is 117 Å². The number of aromatic nitrogens is 1. The summed E-state index contributed by atoms with van der Waals surface area (Å²) >= 11 is 5.80. The number of thiocarbonyl (C=S) groups is 1. The lowest BCUT2D eigenvalue weighted by atomic mass is 10.0. The molecule has 10 heteroatoms. The smallest absolute Gasteiger partial charge is 0.335 e. The zero-order valence-electron chi connectivity index (χ0n) is 21.3. The number of carbonyl (C=O) groups is 2. The van der Waals surface area contributed by atoms with Crippen LogP contribution in [0.3, 0.4) is 0 Å². The second kappa shape index (κ2) is 11.1. The van der Waals surface area contributed by atoms with Gasteiger partial charge in [-0.05, 0) is 79.3 Å². The number of amides is 1. The molecule has 0 spiro atoms. The Labute approximate surface area is 230 Å². The quantitative estimate of drug-likeness (QED) is 0.261. The number of anilines is 2. The first-order valence-corrected chi connectivity index (χ1v) is 12.6. The summed E-state index contributed by atoms with van der Waals surface area (Å²) in [5.41, 5.74) is 3.96. The van der Waals surface area contributed by atoms with Gasteiger partial charge >= 0.3 is 5.97 Å². The van der Waals surface area contributed by atoms with Crippen molar-refractivity contribution in [2.75, 3.05) is 23.9 Å². The molecule has 1 aliphatic rings. The summed E-state index contributed by atoms with van der Waals surface area (Å²) in [6.07, 6.45) is 1.73. The van der Waals surface area contributed by atoms with E-state index in [9.17, 15) is 14.7 Å². The summed E-state index contributed by atoms with van der Waals surface area (Å²) in [6, 6.07) is 21.0. The molecule has 0 aliphatic carbocycles. The predicted molar refractivity (Wildman–Crippen MR) is 151 cm³/mol. The van der Waals surface area contributed by atoms with Gasteiger partial charge in [0.1, 0.15) is 24.2 Å². The molecular formula is C29H26N4O5S. The molecule has 1 fully saturated rings. The highest BCUT2D eigenvalue weighted by Gasteiger charge is 2.42. The number of aromatic carboxylic acids is 1. The minimum absolute atomic E-state index is 0.0364. The minimum Gasteiger partial charge on any atom is -0.478 e. The Morgan fingerprint density at radius 1 is 1.13 bits per heavy atom. The van der Waals surface area contributed by atoms with E-state index in [-0.39, 0.29) is 24.1 Å². The second-order valence-corrected chi connectivity index (χ2v) is 9.45. The molecule has 0 bridgehead atoms. The predicted octanol–water partition coefficient (Wildman–Crippen LogP) is 5.11. The molecule has 198 valence electrons. The molecule has 39 heavy (non-hydrogen) atoms. The van der Waals surface area contributed by atoms with Crippen LogP contribution < -0.4 is 15.5 Å². The van der Waals surface area contributed by atoms with Gasteiger partial charge in [0.05, 0.1) is 17.3 Å². The van der Waals surface area contributed by atoms with Gasteiger partial charge in [0.25, 0.3) is 0 Å². The number of nitrogens with one attached hydrogen (secondary N) is 2. The number of hydrogen-bond acceptors (Lipinski definition) is 6.